The minimum atomic E-state index is -0.815. The van der Waals surface area contributed by atoms with Crippen LogP contribution in [0, 0.1) is 13.8 Å². The standard InChI is InChI=1S/C21H20ClNO4/c1-4-16(24)18-19(13-6-8-17(25)15(22)10-13)23(21(27)20(18)26)14-7-5-11(2)12(3)9-14/h5-10,19,25-26H,4H2,1-3H3. The van der Waals surface area contributed by atoms with Crippen LogP contribution < -0.4 is 4.90 Å². The predicted octanol–water partition coefficient (Wildman–Crippen LogP) is 4.54. The molecule has 0 bridgehead atoms. The third-order valence-electron chi connectivity index (χ3n) is 4.89. The molecule has 2 aromatic rings. The van der Waals surface area contributed by atoms with Crippen LogP contribution in [0.4, 0.5) is 5.69 Å². The van der Waals surface area contributed by atoms with Gasteiger partial charge >= 0.3 is 0 Å². The fourth-order valence-corrected chi connectivity index (χ4v) is 3.42. The number of aryl methyl sites for hydroxylation is 2. The molecule has 1 aliphatic heterocycles. The molecule has 1 amide bonds. The first-order valence-corrected chi connectivity index (χ1v) is 8.99. The van der Waals surface area contributed by atoms with Gasteiger partial charge in [-0.2, -0.15) is 0 Å². The maximum absolute atomic E-state index is 12.9. The van der Waals surface area contributed by atoms with Gasteiger partial charge in [0.25, 0.3) is 5.91 Å². The third kappa shape index (κ3) is 3.19. The fourth-order valence-electron chi connectivity index (χ4n) is 3.23. The van der Waals surface area contributed by atoms with Crippen molar-refractivity contribution in [1.29, 1.82) is 0 Å². The molecule has 0 radical (unpaired) electrons. The van der Waals surface area contributed by atoms with Crippen LogP contribution in [0.5, 0.6) is 5.75 Å². The van der Waals surface area contributed by atoms with E-state index < -0.39 is 17.7 Å². The molecule has 0 aromatic heterocycles. The van der Waals surface area contributed by atoms with Crippen LogP contribution in [-0.2, 0) is 9.59 Å². The monoisotopic (exact) mass is 385 g/mol. The highest BCUT2D eigenvalue weighted by atomic mass is 35.5. The fraction of sp³-hybridized carbons (Fsp3) is 0.238. The summed E-state index contributed by atoms with van der Waals surface area (Å²) in [6, 6.07) is 9.19. The molecule has 1 atom stereocenters. The van der Waals surface area contributed by atoms with E-state index in [-0.39, 0.29) is 28.5 Å². The molecule has 1 heterocycles. The summed E-state index contributed by atoms with van der Waals surface area (Å²) in [4.78, 5) is 26.8. The zero-order chi connectivity index (χ0) is 19.9. The normalized spacial score (nSPS) is 17.0. The summed E-state index contributed by atoms with van der Waals surface area (Å²) in [5, 5.41) is 20.3. The van der Waals surface area contributed by atoms with E-state index in [1.54, 1.807) is 19.1 Å². The molecule has 5 nitrogen and oxygen atoms in total. The van der Waals surface area contributed by atoms with E-state index >= 15 is 0 Å². The summed E-state index contributed by atoms with van der Waals surface area (Å²) < 4.78 is 0. The first-order valence-electron chi connectivity index (χ1n) is 8.61. The molecule has 27 heavy (non-hydrogen) atoms. The second-order valence-electron chi connectivity index (χ2n) is 6.60. The quantitative estimate of drug-likeness (QED) is 0.809. The van der Waals surface area contributed by atoms with Gasteiger partial charge < -0.3 is 10.2 Å². The number of ketones is 1. The van der Waals surface area contributed by atoms with Crippen LogP contribution in [0.2, 0.25) is 5.02 Å². The Bertz CT molecular complexity index is 980. The second kappa shape index (κ2) is 7.08. The number of benzene rings is 2. The number of Topliss-reactive ketones (excluding diaryl/α,β-unsaturated/α-hetero) is 1. The molecule has 0 fully saturated rings. The Labute approximate surface area is 162 Å². The molecule has 3 rings (SSSR count). The molecule has 0 saturated carbocycles. The van der Waals surface area contributed by atoms with Crippen molar-refractivity contribution in [3.05, 3.63) is 69.4 Å². The Morgan fingerprint density at radius 2 is 1.81 bits per heavy atom. The van der Waals surface area contributed by atoms with Crippen molar-refractivity contribution >= 4 is 29.0 Å². The van der Waals surface area contributed by atoms with Gasteiger partial charge in [-0.1, -0.05) is 30.7 Å². The van der Waals surface area contributed by atoms with Gasteiger partial charge in [-0.05, 0) is 54.8 Å². The van der Waals surface area contributed by atoms with Crippen molar-refractivity contribution in [1.82, 2.24) is 0 Å². The molecule has 2 N–H and O–H groups in total. The lowest BCUT2D eigenvalue weighted by molar-refractivity contribution is -0.118. The summed E-state index contributed by atoms with van der Waals surface area (Å²) >= 11 is 6.05. The average Bonchev–Trinajstić information content (AvgIpc) is 2.90. The maximum Gasteiger partial charge on any atom is 0.294 e. The van der Waals surface area contributed by atoms with E-state index in [1.165, 1.54) is 17.0 Å². The largest absolute Gasteiger partial charge is 0.506 e. The third-order valence-corrected chi connectivity index (χ3v) is 5.19. The molecule has 6 heteroatoms. The first kappa shape index (κ1) is 19.0. The lowest BCUT2D eigenvalue weighted by Crippen LogP contribution is -2.31. The first-order chi connectivity index (χ1) is 12.8. The van der Waals surface area contributed by atoms with E-state index in [4.69, 9.17) is 11.6 Å². The highest BCUT2D eigenvalue weighted by Gasteiger charge is 2.44. The lowest BCUT2D eigenvalue weighted by atomic mass is 9.94. The van der Waals surface area contributed by atoms with Crippen molar-refractivity contribution < 1.29 is 19.8 Å². The van der Waals surface area contributed by atoms with Crippen molar-refractivity contribution in [3.8, 4) is 5.75 Å². The van der Waals surface area contributed by atoms with Crippen LogP contribution in [-0.4, -0.2) is 21.9 Å². The molecule has 0 spiro atoms. The number of amides is 1. The van der Waals surface area contributed by atoms with Gasteiger partial charge in [0.05, 0.1) is 16.6 Å². The lowest BCUT2D eigenvalue weighted by Gasteiger charge is -2.27. The van der Waals surface area contributed by atoms with Gasteiger partial charge in [0, 0.05) is 12.1 Å². The van der Waals surface area contributed by atoms with E-state index in [2.05, 4.69) is 0 Å². The summed E-state index contributed by atoms with van der Waals surface area (Å²) in [7, 11) is 0. The zero-order valence-electron chi connectivity index (χ0n) is 15.3. The minimum Gasteiger partial charge on any atom is -0.506 e. The summed E-state index contributed by atoms with van der Waals surface area (Å²) in [6.45, 7) is 5.56. The van der Waals surface area contributed by atoms with Crippen molar-refractivity contribution in [2.24, 2.45) is 0 Å². The minimum absolute atomic E-state index is 0.0440. The molecule has 0 saturated heterocycles. The number of aromatic hydroxyl groups is 1. The van der Waals surface area contributed by atoms with Crippen LogP contribution in [0.15, 0.2) is 47.7 Å². The Morgan fingerprint density at radius 3 is 2.41 bits per heavy atom. The Balaban J connectivity index is 2.21. The zero-order valence-corrected chi connectivity index (χ0v) is 16.0. The smallest absolute Gasteiger partial charge is 0.294 e. The molecule has 1 unspecified atom stereocenters. The number of aliphatic hydroxyl groups is 1. The van der Waals surface area contributed by atoms with E-state index in [9.17, 15) is 19.8 Å². The molecule has 0 aliphatic carbocycles. The van der Waals surface area contributed by atoms with Crippen molar-refractivity contribution in [2.75, 3.05) is 4.90 Å². The van der Waals surface area contributed by atoms with Crippen LogP contribution in [0.3, 0.4) is 0 Å². The molecule has 140 valence electrons. The average molecular weight is 386 g/mol. The van der Waals surface area contributed by atoms with Gasteiger partial charge in [0.2, 0.25) is 0 Å². The number of rotatable bonds is 4. The van der Waals surface area contributed by atoms with E-state index in [0.717, 1.165) is 11.1 Å². The van der Waals surface area contributed by atoms with Gasteiger partial charge in [0.1, 0.15) is 5.75 Å². The Kier molecular flexibility index (Phi) is 4.98. The summed E-state index contributed by atoms with van der Waals surface area (Å²) in [5.41, 5.74) is 3.20. The maximum atomic E-state index is 12.9. The van der Waals surface area contributed by atoms with E-state index in [1.807, 2.05) is 26.0 Å². The molecule has 1 aliphatic rings. The number of hydrogen-bond acceptors (Lipinski definition) is 4. The van der Waals surface area contributed by atoms with Gasteiger partial charge in [0.15, 0.2) is 11.5 Å². The highest BCUT2D eigenvalue weighted by molar-refractivity contribution is 6.32. The number of phenols is 1. The SMILES string of the molecule is CCC(=O)C1=C(O)C(=O)N(c2ccc(C)c(C)c2)C1c1ccc(O)c(Cl)c1. The number of carbonyl (C=O) groups is 2. The highest BCUT2D eigenvalue weighted by Crippen LogP contribution is 2.43. The molecule has 2 aromatic carbocycles. The van der Waals surface area contributed by atoms with Crippen molar-refractivity contribution in [3.63, 3.8) is 0 Å². The number of carbonyl (C=O) groups excluding carboxylic acids is 2. The Hall–Kier alpha value is -2.79. The molecular weight excluding hydrogens is 366 g/mol. The van der Waals surface area contributed by atoms with Crippen LogP contribution in [0.1, 0.15) is 36.1 Å². The van der Waals surface area contributed by atoms with Crippen LogP contribution in [0.25, 0.3) is 0 Å². The summed E-state index contributed by atoms with van der Waals surface area (Å²) in [5.74, 6) is -1.60. The van der Waals surface area contributed by atoms with Gasteiger partial charge in [-0.15, -0.1) is 0 Å². The van der Waals surface area contributed by atoms with Gasteiger partial charge in [-0.3, -0.25) is 14.5 Å². The van der Waals surface area contributed by atoms with Gasteiger partial charge in [-0.25, -0.2) is 0 Å². The number of nitrogens with zero attached hydrogens (tertiary/aromatic N) is 1. The number of halogens is 1. The second-order valence-corrected chi connectivity index (χ2v) is 7.00. The predicted molar refractivity (Wildman–Crippen MR) is 104 cm³/mol. The van der Waals surface area contributed by atoms with Crippen molar-refractivity contribution in [2.45, 2.75) is 33.2 Å². The number of aliphatic hydroxyl groups excluding tert-OH is 1. The van der Waals surface area contributed by atoms with Crippen LogP contribution >= 0.6 is 11.6 Å². The van der Waals surface area contributed by atoms with E-state index in [0.29, 0.717) is 11.3 Å². The Morgan fingerprint density at radius 1 is 1.11 bits per heavy atom. The topological polar surface area (TPSA) is 77.8 Å². The number of phenolic OH excluding ortho intramolecular Hbond substituents is 1. The molecular formula is C21H20ClNO4. The number of hydrogen-bond donors (Lipinski definition) is 2. The number of anilines is 1. The summed E-state index contributed by atoms with van der Waals surface area (Å²) in [6.07, 6.45) is 0.149.